The van der Waals surface area contributed by atoms with Crippen molar-refractivity contribution < 1.29 is 4.79 Å². The van der Waals surface area contributed by atoms with E-state index in [1.807, 2.05) is 60.7 Å². The van der Waals surface area contributed by atoms with Crippen LogP contribution in [0.15, 0.2) is 84.9 Å². The van der Waals surface area contributed by atoms with E-state index in [0.29, 0.717) is 12.8 Å². The summed E-state index contributed by atoms with van der Waals surface area (Å²) < 4.78 is 0. The Balaban J connectivity index is 1.44. The molecule has 1 amide bonds. The second-order valence-corrected chi connectivity index (χ2v) is 7.36. The maximum atomic E-state index is 12.7. The van der Waals surface area contributed by atoms with Crippen LogP contribution in [-0.4, -0.2) is 21.9 Å². The predicted octanol–water partition coefficient (Wildman–Crippen LogP) is 4.83. The molecule has 4 nitrogen and oxygen atoms in total. The monoisotopic (exact) mass is 383 g/mol. The van der Waals surface area contributed by atoms with E-state index in [1.165, 1.54) is 11.1 Å². The summed E-state index contributed by atoms with van der Waals surface area (Å²) >= 11 is 0. The Hall–Kier alpha value is -3.40. The summed E-state index contributed by atoms with van der Waals surface area (Å²) in [5.74, 6) is 0.985. The number of hydrogen-bond donors (Lipinski definition) is 2. The van der Waals surface area contributed by atoms with Crippen LogP contribution < -0.4 is 5.32 Å². The smallest absolute Gasteiger partial charge is 0.220 e. The van der Waals surface area contributed by atoms with Gasteiger partial charge in [-0.25, -0.2) is 4.98 Å². The maximum Gasteiger partial charge on any atom is 0.220 e. The molecule has 1 unspecified atom stereocenters. The minimum atomic E-state index is -0.0250. The minimum Gasteiger partial charge on any atom is -0.353 e. The van der Waals surface area contributed by atoms with E-state index in [9.17, 15) is 4.79 Å². The number of imidazole rings is 1. The summed E-state index contributed by atoms with van der Waals surface area (Å²) in [6, 6.07) is 28.6. The molecule has 4 aromatic rings. The summed E-state index contributed by atoms with van der Waals surface area (Å²) in [7, 11) is 0. The molecule has 1 aromatic heterocycles. The molecule has 2 N–H and O–H groups in total. The van der Waals surface area contributed by atoms with Crippen molar-refractivity contribution in [3.8, 4) is 0 Å². The highest BCUT2D eigenvalue weighted by Crippen LogP contribution is 2.28. The van der Waals surface area contributed by atoms with Gasteiger partial charge in [0.05, 0.1) is 11.0 Å². The van der Waals surface area contributed by atoms with E-state index < -0.39 is 0 Å². The Kier molecular flexibility index (Phi) is 5.71. The zero-order valence-corrected chi connectivity index (χ0v) is 16.5. The number of nitrogens with zero attached hydrogens (tertiary/aromatic N) is 1. The summed E-state index contributed by atoms with van der Waals surface area (Å²) in [6.07, 6.45) is 0.995. The van der Waals surface area contributed by atoms with Gasteiger partial charge >= 0.3 is 0 Å². The van der Waals surface area contributed by atoms with Crippen LogP contribution in [0.4, 0.5) is 0 Å². The molecule has 1 atom stereocenters. The second-order valence-electron chi connectivity index (χ2n) is 7.36. The fourth-order valence-corrected chi connectivity index (χ4v) is 3.86. The Bertz CT molecular complexity index is 1000. The molecule has 0 aliphatic carbocycles. The van der Waals surface area contributed by atoms with Crippen molar-refractivity contribution in [1.82, 2.24) is 15.3 Å². The standard InChI is InChI=1S/C25H25N3O/c1-18(25(19-10-4-2-5-11-19)20-12-6-3-7-13-20)26-24(29)17-16-23-27-21-14-8-9-15-22(21)28-23/h2-15,18,25H,16-17H2,1H3,(H,26,29)(H,27,28). The third-order valence-corrected chi connectivity index (χ3v) is 5.23. The van der Waals surface area contributed by atoms with Crippen molar-refractivity contribution in [3.05, 3.63) is 102 Å². The maximum absolute atomic E-state index is 12.7. The molecule has 4 heteroatoms. The van der Waals surface area contributed by atoms with Gasteiger partial charge in [0.1, 0.15) is 5.82 Å². The molecule has 4 rings (SSSR count). The van der Waals surface area contributed by atoms with Crippen molar-refractivity contribution in [3.63, 3.8) is 0 Å². The van der Waals surface area contributed by atoms with Gasteiger partial charge in [-0.1, -0.05) is 72.8 Å². The van der Waals surface area contributed by atoms with Crippen molar-refractivity contribution >= 4 is 16.9 Å². The van der Waals surface area contributed by atoms with Gasteiger partial charge in [0.25, 0.3) is 0 Å². The second kappa shape index (κ2) is 8.74. The SMILES string of the molecule is CC(NC(=O)CCc1nc2ccccc2[nH]1)C(c1ccccc1)c1ccccc1. The lowest BCUT2D eigenvalue weighted by atomic mass is 9.86. The number of aryl methyl sites for hydroxylation is 1. The van der Waals surface area contributed by atoms with Gasteiger partial charge < -0.3 is 10.3 Å². The van der Waals surface area contributed by atoms with Gasteiger partial charge in [0, 0.05) is 24.8 Å². The van der Waals surface area contributed by atoms with E-state index in [0.717, 1.165) is 16.9 Å². The largest absolute Gasteiger partial charge is 0.353 e. The molecule has 0 saturated heterocycles. The first-order valence-corrected chi connectivity index (χ1v) is 10.0. The number of carbonyl (C=O) groups excluding carboxylic acids is 1. The average Bonchev–Trinajstić information content (AvgIpc) is 3.17. The quantitative estimate of drug-likeness (QED) is 0.480. The Morgan fingerprint density at radius 2 is 1.48 bits per heavy atom. The number of benzene rings is 3. The number of para-hydroxylation sites is 2. The Labute approximate surface area is 171 Å². The number of carbonyl (C=O) groups is 1. The van der Waals surface area contributed by atoms with Crippen molar-refractivity contribution in [2.24, 2.45) is 0 Å². The fraction of sp³-hybridized carbons (Fsp3) is 0.200. The van der Waals surface area contributed by atoms with Gasteiger partial charge in [-0.3, -0.25) is 4.79 Å². The Morgan fingerprint density at radius 1 is 0.897 bits per heavy atom. The third kappa shape index (κ3) is 4.54. The third-order valence-electron chi connectivity index (χ3n) is 5.23. The van der Waals surface area contributed by atoms with E-state index >= 15 is 0 Å². The summed E-state index contributed by atoms with van der Waals surface area (Å²) in [4.78, 5) is 20.5. The van der Waals surface area contributed by atoms with Crippen LogP contribution >= 0.6 is 0 Å². The van der Waals surface area contributed by atoms with Crippen molar-refractivity contribution in [1.29, 1.82) is 0 Å². The van der Waals surface area contributed by atoms with Gasteiger partial charge in [-0.05, 0) is 30.2 Å². The highest BCUT2D eigenvalue weighted by molar-refractivity contribution is 5.77. The molecular weight excluding hydrogens is 358 g/mol. The van der Waals surface area contributed by atoms with E-state index in [-0.39, 0.29) is 17.9 Å². The molecule has 29 heavy (non-hydrogen) atoms. The van der Waals surface area contributed by atoms with E-state index in [1.54, 1.807) is 0 Å². The molecule has 1 heterocycles. The van der Waals surface area contributed by atoms with Crippen LogP contribution in [0.1, 0.15) is 36.2 Å². The first-order chi connectivity index (χ1) is 14.2. The molecule has 0 spiro atoms. The highest BCUT2D eigenvalue weighted by Gasteiger charge is 2.22. The molecular formula is C25H25N3O. The lowest BCUT2D eigenvalue weighted by Gasteiger charge is -2.26. The number of rotatable bonds is 7. The van der Waals surface area contributed by atoms with E-state index in [4.69, 9.17) is 0 Å². The normalized spacial score (nSPS) is 12.2. The number of hydrogen-bond acceptors (Lipinski definition) is 2. The van der Waals surface area contributed by atoms with Crippen LogP contribution in [0.25, 0.3) is 11.0 Å². The molecule has 0 fully saturated rings. The van der Waals surface area contributed by atoms with Crippen molar-refractivity contribution in [2.45, 2.75) is 31.7 Å². The van der Waals surface area contributed by atoms with Crippen LogP contribution in [0.3, 0.4) is 0 Å². The van der Waals surface area contributed by atoms with Crippen LogP contribution in [0.5, 0.6) is 0 Å². The van der Waals surface area contributed by atoms with Gasteiger partial charge in [0.15, 0.2) is 0 Å². The first-order valence-electron chi connectivity index (χ1n) is 10.0. The predicted molar refractivity (Wildman–Crippen MR) is 117 cm³/mol. The molecule has 0 radical (unpaired) electrons. The minimum absolute atomic E-state index is 0.0250. The molecule has 0 bridgehead atoms. The topological polar surface area (TPSA) is 57.8 Å². The zero-order valence-electron chi connectivity index (χ0n) is 16.5. The van der Waals surface area contributed by atoms with Crippen LogP contribution in [0, 0.1) is 0 Å². The molecule has 0 aliphatic rings. The number of nitrogens with one attached hydrogen (secondary N) is 2. The molecule has 146 valence electrons. The lowest BCUT2D eigenvalue weighted by Crippen LogP contribution is -2.37. The van der Waals surface area contributed by atoms with Gasteiger partial charge in [-0.2, -0.15) is 0 Å². The molecule has 0 aliphatic heterocycles. The summed E-state index contributed by atoms with van der Waals surface area (Å²) in [5.41, 5.74) is 4.33. The highest BCUT2D eigenvalue weighted by atomic mass is 16.1. The average molecular weight is 383 g/mol. The number of aromatic amines is 1. The van der Waals surface area contributed by atoms with Crippen LogP contribution in [-0.2, 0) is 11.2 Å². The fourth-order valence-electron chi connectivity index (χ4n) is 3.86. The Morgan fingerprint density at radius 3 is 2.10 bits per heavy atom. The molecule has 3 aromatic carbocycles. The lowest BCUT2D eigenvalue weighted by molar-refractivity contribution is -0.121. The number of amides is 1. The van der Waals surface area contributed by atoms with Crippen molar-refractivity contribution in [2.75, 3.05) is 0 Å². The zero-order chi connectivity index (χ0) is 20.1. The van der Waals surface area contributed by atoms with E-state index in [2.05, 4.69) is 46.5 Å². The summed E-state index contributed by atoms with van der Waals surface area (Å²) in [6.45, 7) is 2.07. The summed E-state index contributed by atoms with van der Waals surface area (Å²) in [5, 5.41) is 3.20. The number of aromatic nitrogens is 2. The first kappa shape index (κ1) is 18.9. The van der Waals surface area contributed by atoms with Gasteiger partial charge in [0.2, 0.25) is 5.91 Å². The number of fused-ring (bicyclic) bond motifs is 1. The van der Waals surface area contributed by atoms with Gasteiger partial charge in [-0.15, -0.1) is 0 Å². The number of H-pyrrole nitrogens is 1. The van der Waals surface area contributed by atoms with Crippen LogP contribution in [0.2, 0.25) is 0 Å². The molecule has 0 saturated carbocycles.